The molecular formula is C16H31N3O. The highest BCUT2D eigenvalue weighted by atomic mass is 16.2. The van der Waals surface area contributed by atoms with Gasteiger partial charge in [0.05, 0.1) is 0 Å². The average molecular weight is 281 g/mol. The molecule has 1 aliphatic carbocycles. The van der Waals surface area contributed by atoms with Crippen molar-refractivity contribution in [3.05, 3.63) is 0 Å². The van der Waals surface area contributed by atoms with E-state index >= 15 is 0 Å². The maximum absolute atomic E-state index is 12.5. The highest BCUT2D eigenvalue weighted by Gasteiger charge is 2.29. The molecule has 1 unspecified atom stereocenters. The van der Waals surface area contributed by atoms with Crippen LogP contribution in [0.3, 0.4) is 0 Å². The minimum absolute atomic E-state index is 0.326. The average Bonchev–Trinajstić information content (AvgIpc) is 2.89. The van der Waals surface area contributed by atoms with Crippen LogP contribution >= 0.6 is 0 Å². The number of carbonyl (C=O) groups is 1. The summed E-state index contributed by atoms with van der Waals surface area (Å²) < 4.78 is 0. The van der Waals surface area contributed by atoms with Crippen molar-refractivity contribution in [1.82, 2.24) is 9.80 Å². The second-order valence-corrected chi connectivity index (χ2v) is 6.34. The summed E-state index contributed by atoms with van der Waals surface area (Å²) in [5, 5.41) is 0. The quantitative estimate of drug-likeness (QED) is 0.836. The molecule has 1 saturated carbocycles. The van der Waals surface area contributed by atoms with Gasteiger partial charge in [-0.05, 0) is 38.6 Å². The van der Waals surface area contributed by atoms with E-state index in [1.807, 2.05) is 0 Å². The number of carbonyl (C=O) groups excluding carboxylic acids is 1. The lowest BCUT2D eigenvalue weighted by molar-refractivity contribution is -0.135. The van der Waals surface area contributed by atoms with E-state index in [0.717, 1.165) is 64.8 Å². The Morgan fingerprint density at radius 2 is 1.90 bits per heavy atom. The molecule has 1 aliphatic heterocycles. The van der Waals surface area contributed by atoms with Crippen molar-refractivity contribution in [2.24, 2.45) is 11.7 Å². The lowest BCUT2D eigenvalue weighted by Crippen LogP contribution is -2.41. The smallest absolute Gasteiger partial charge is 0.225 e. The zero-order valence-corrected chi connectivity index (χ0v) is 13.0. The molecule has 0 aromatic carbocycles. The van der Waals surface area contributed by atoms with E-state index in [-0.39, 0.29) is 0 Å². The van der Waals surface area contributed by atoms with E-state index in [2.05, 4.69) is 16.7 Å². The first-order chi connectivity index (χ1) is 9.76. The van der Waals surface area contributed by atoms with E-state index in [9.17, 15) is 4.79 Å². The van der Waals surface area contributed by atoms with Gasteiger partial charge in [-0.3, -0.25) is 9.69 Å². The number of rotatable bonds is 5. The third-order valence-electron chi connectivity index (χ3n) is 5.03. The number of hydrogen-bond donors (Lipinski definition) is 1. The van der Waals surface area contributed by atoms with Gasteiger partial charge in [-0.15, -0.1) is 0 Å². The van der Waals surface area contributed by atoms with Crippen LogP contribution in [-0.4, -0.2) is 54.5 Å². The summed E-state index contributed by atoms with van der Waals surface area (Å²) >= 11 is 0. The number of amides is 1. The van der Waals surface area contributed by atoms with Crippen molar-refractivity contribution in [3.8, 4) is 0 Å². The van der Waals surface area contributed by atoms with Gasteiger partial charge in [0, 0.05) is 38.1 Å². The first-order valence-corrected chi connectivity index (χ1v) is 8.49. The fraction of sp³-hybridized carbons (Fsp3) is 0.938. The molecular weight excluding hydrogens is 250 g/mol. The van der Waals surface area contributed by atoms with Crippen LogP contribution in [0.4, 0.5) is 0 Å². The Morgan fingerprint density at radius 1 is 1.15 bits per heavy atom. The van der Waals surface area contributed by atoms with Gasteiger partial charge >= 0.3 is 0 Å². The lowest BCUT2D eigenvalue weighted by atomic mass is 10.1. The van der Waals surface area contributed by atoms with Crippen molar-refractivity contribution >= 4 is 5.91 Å². The summed E-state index contributed by atoms with van der Waals surface area (Å²) in [6.07, 6.45) is 8.06. The molecule has 116 valence electrons. The van der Waals surface area contributed by atoms with Crippen LogP contribution in [0.2, 0.25) is 0 Å². The molecule has 4 heteroatoms. The fourth-order valence-electron chi connectivity index (χ4n) is 3.79. The van der Waals surface area contributed by atoms with Crippen molar-refractivity contribution in [1.29, 1.82) is 0 Å². The zero-order chi connectivity index (χ0) is 14.4. The van der Waals surface area contributed by atoms with Gasteiger partial charge in [-0.1, -0.05) is 19.8 Å². The van der Waals surface area contributed by atoms with E-state index < -0.39 is 0 Å². The van der Waals surface area contributed by atoms with Crippen LogP contribution in [0, 0.1) is 5.92 Å². The molecule has 1 atom stereocenters. The SMILES string of the molecule is CCC(CCN)N1CCCN(C(=O)C2CCCC2)CC1. The Bertz CT molecular complexity index is 302. The molecule has 0 spiro atoms. The molecule has 0 aromatic heterocycles. The number of nitrogens with zero attached hydrogens (tertiary/aromatic N) is 2. The molecule has 0 radical (unpaired) electrons. The highest BCUT2D eigenvalue weighted by Crippen LogP contribution is 2.27. The molecule has 0 aromatic rings. The number of nitrogens with two attached hydrogens (primary N) is 1. The van der Waals surface area contributed by atoms with Gasteiger partial charge in [-0.2, -0.15) is 0 Å². The predicted octanol–water partition coefficient (Wildman–Crippen LogP) is 1.84. The largest absolute Gasteiger partial charge is 0.341 e. The van der Waals surface area contributed by atoms with Crippen LogP contribution in [0.5, 0.6) is 0 Å². The Balaban J connectivity index is 1.86. The summed E-state index contributed by atoms with van der Waals surface area (Å²) in [4.78, 5) is 17.2. The van der Waals surface area contributed by atoms with Gasteiger partial charge in [-0.25, -0.2) is 0 Å². The van der Waals surface area contributed by atoms with Crippen molar-refractivity contribution in [2.75, 3.05) is 32.7 Å². The van der Waals surface area contributed by atoms with Crippen LogP contribution in [0.1, 0.15) is 51.9 Å². The molecule has 1 saturated heterocycles. The second kappa shape index (κ2) is 7.99. The van der Waals surface area contributed by atoms with Crippen LogP contribution < -0.4 is 5.73 Å². The Hall–Kier alpha value is -0.610. The molecule has 2 aliphatic rings. The molecule has 1 heterocycles. The van der Waals surface area contributed by atoms with Crippen LogP contribution in [-0.2, 0) is 4.79 Å². The molecule has 2 rings (SSSR count). The third-order valence-corrected chi connectivity index (χ3v) is 5.03. The molecule has 0 bridgehead atoms. The number of hydrogen-bond acceptors (Lipinski definition) is 3. The minimum atomic E-state index is 0.326. The highest BCUT2D eigenvalue weighted by molar-refractivity contribution is 5.79. The molecule has 1 amide bonds. The fourth-order valence-corrected chi connectivity index (χ4v) is 3.79. The standard InChI is InChI=1S/C16H31N3O/c1-2-15(8-9-17)18-10-5-11-19(13-12-18)16(20)14-6-3-4-7-14/h14-15H,2-13,17H2,1H3. The van der Waals surface area contributed by atoms with E-state index in [4.69, 9.17) is 5.73 Å². The van der Waals surface area contributed by atoms with Gasteiger partial charge in [0.25, 0.3) is 0 Å². The lowest BCUT2D eigenvalue weighted by Gasteiger charge is -2.30. The normalized spacial score (nSPS) is 23.8. The molecule has 4 nitrogen and oxygen atoms in total. The molecule has 20 heavy (non-hydrogen) atoms. The first-order valence-electron chi connectivity index (χ1n) is 8.49. The summed E-state index contributed by atoms with van der Waals surface area (Å²) in [6, 6.07) is 0.599. The minimum Gasteiger partial charge on any atom is -0.341 e. The second-order valence-electron chi connectivity index (χ2n) is 6.34. The van der Waals surface area contributed by atoms with Gasteiger partial charge in [0.2, 0.25) is 5.91 Å². The predicted molar refractivity (Wildman–Crippen MR) is 82.5 cm³/mol. The summed E-state index contributed by atoms with van der Waals surface area (Å²) in [5.74, 6) is 0.754. The van der Waals surface area contributed by atoms with Crippen molar-refractivity contribution in [3.63, 3.8) is 0 Å². The van der Waals surface area contributed by atoms with Crippen molar-refractivity contribution < 1.29 is 4.79 Å². The Morgan fingerprint density at radius 3 is 2.55 bits per heavy atom. The van der Waals surface area contributed by atoms with Crippen LogP contribution in [0.25, 0.3) is 0 Å². The van der Waals surface area contributed by atoms with Crippen LogP contribution in [0.15, 0.2) is 0 Å². The van der Waals surface area contributed by atoms with Gasteiger partial charge in [0.1, 0.15) is 0 Å². The third kappa shape index (κ3) is 3.95. The van der Waals surface area contributed by atoms with E-state index in [1.54, 1.807) is 0 Å². The summed E-state index contributed by atoms with van der Waals surface area (Å²) in [5.41, 5.74) is 5.72. The topological polar surface area (TPSA) is 49.6 Å². The first kappa shape index (κ1) is 15.8. The maximum atomic E-state index is 12.5. The molecule has 2 N–H and O–H groups in total. The van der Waals surface area contributed by atoms with Gasteiger partial charge < -0.3 is 10.6 Å². The summed E-state index contributed by atoms with van der Waals surface area (Å²) in [7, 11) is 0. The van der Waals surface area contributed by atoms with Crippen molar-refractivity contribution in [2.45, 2.75) is 57.9 Å². The Labute approximate surface area is 123 Å². The van der Waals surface area contributed by atoms with Gasteiger partial charge in [0.15, 0.2) is 0 Å². The molecule has 2 fully saturated rings. The zero-order valence-electron chi connectivity index (χ0n) is 13.0. The van der Waals surface area contributed by atoms with E-state index in [0.29, 0.717) is 17.9 Å². The monoisotopic (exact) mass is 281 g/mol. The van der Waals surface area contributed by atoms with E-state index in [1.165, 1.54) is 12.8 Å². The maximum Gasteiger partial charge on any atom is 0.225 e. The summed E-state index contributed by atoms with van der Waals surface area (Å²) in [6.45, 7) is 7.01. The Kier molecular flexibility index (Phi) is 6.30.